The Labute approximate surface area is 247 Å². The number of nitrogens with zero attached hydrogens (tertiary/aromatic N) is 7. The number of carbonyl (C=O) groups excluding carboxylic acids is 1. The van der Waals surface area contributed by atoms with Gasteiger partial charge in [0.25, 0.3) is 5.91 Å². The number of piperazine rings is 1. The first kappa shape index (κ1) is 29.7. The van der Waals surface area contributed by atoms with Crippen LogP contribution in [0.5, 0.6) is 11.8 Å². The van der Waals surface area contributed by atoms with Crippen molar-refractivity contribution in [3.63, 3.8) is 0 Å². The number of rotatable bonds is 8. The molecule has 0 aliphatic carbocycles. The lowest BCUT2D eigenvalue weighted by atomic mass is 9.98. The summed E-state index contributed by atoms with van der Waals surface area (Å²) in [5, 5.41) is 20.1. The quantitative estimate of drug-likeness (QED) is 0.472. The normalized spacial score (nSPS) is 21.0. The van der Waals surface area contributed by atoms with Crippen LogP contribution in [0.25, 0.3) is 0 Å². The van der Waals surface area contributed by atoms with E-state index in [9.17, 15) is 19.6 Å². The molecule has 2 aromatic rings. The first-order chi connectivity index (χ1) is 20.1. The fraction of sp³-hybridized carbons (Fsp3) is 0.548. The van der Waals surface area contributed by atoms with Crippen LogP contribution >= 0.6 is 0 Å². The zero-order valence-electron chi connectivity index (χ0n) is 25.0. The standard InChI is InChI=1S/C31H40FN7O3/c1-19-13-20(2)28(40)21(3)25(19)15-37-16-26-27(17-37)34-31(42-18-24-7-6-10-36(24)5)35-29(26)38-11-12-39(30(41)22(4)32)23(14-38)8-9-33/h13,23-24,40H,4,6-8,10-12,14-18H2,1-3,5H3/t23-,24-/m0/s1. The maximum Gasteiger partial charge on any atom is 0.318 e. The van der Waals surface area contributed by atoms with Gasteiger partial charge in [-0.2, -0.15) is 15.2 Å². The molecule has 0 bridgehead atoms. The highest BCUT2D eigenvalue weighted by Crippen LogP contribution is 2.36. The van der Waals surface area contributed by atoms with E-state index in [2.05, 4.69) is 41.3 Å². The molecule has 1 N–H and O–H groups in total. The highest BCUT2D eigenvalue weighted by Gasteiger charge is 2.36. The number of hydrogen-bond donors (Lipinski definition) is 1. The van der Waals surface area contributed by atoms with E-state index in [4.69, 9.17) is 14.7 Å². The van der Waals surface area contributed by atoms with Crippen molar-refractivity contribution in [1.29, 1.82) is 5.26 Å². The Morgan fingerprint density at radius 2 is 1.98 bits per heavy atom. The van der Waals surface area contributed by atoms with Crippen LogP contribution in [0, 0.1) is 32.1 Å². The predicted octanol–water partition coefficient (Wildman–Crippen LogP) is 3.51. The number of phenols is 1. The number of aryl methyl sites for hydroxylation is 2. The first-order valence-corrected chi connectivity index (χ1v) is 14.6. The van der Waals surface area contributed by atoms with Gasteiger partial charge in [0, 0.05) is 50.9 Å². The average Bonchev–Trinajstić information content (AvgIpc) is 3.57. The second kappa shape index (κ2) is 12.2. The minimum atomic E-state index is -1.02. The molecule has 10 nitrogen and oxygen atoms in total. The van der Waals surface area contributed by atoms with Gasteiger partial charge in [0.05, 0.1) is 24.2 Å². The number of ether oxygens (including phenoxy) is 1. The number of fused-ring (bicyclic) bond motifs is 1. The Bertz CT molecular complexity index is 1420. The third kappa shape index (κ3) is 5.92. The molecule has 4 heterocycles. The van der Waals surface area contributed by atoms with Gasteiger partial charge in [0.2, 0.25) is 0 Å². The van der Waals surface area contributed by atoms with Crippen LogP contribution in [-0.2, 0) is 24.4 Å². The van der Waals surface area contributed by atoms with Crippen LogP contribution in [-0.4, -0.2) is 87.6 Å². The van der Waals surface area contributed by atoms with Crippen LogP contribution in [0.3, 0.4) is 0 Å². The van der Waals surface area contributed by atoms with Crippen molar-refractivity contribution in [2.45, 2.75) is 71.8 Å². The zero-order chi connectivity index (χ0) is 30.1. The molecule has 1 aromatic heterocycles. The number of phenolic OH excluding ortho intramolecular Hbond substituents is 1. The van der Waals surface area contributed by atoms with E-state index in [0.29, 0.717) is 57.1 Å². The van der Waals surface area contributed by atoms with Crippen LogP contribution in [0.1, 0.15) is 52.8 Å². The molecule has 0 radical (unpaired) electrons. The Hall–Kier alpha value is -3.75. The summed E-state index contributed by atoms with van der Waals surface area (Å²) in [6.45, 7) is 13.5. The minimum Gasteiger partial charge on any atom is -0.507 e. The first-order valence-electron chi connectivity index (χ1n) is 14.6. The molecule has 224 valence electrons. The summed E-state index contributed by atoms with van der Waals surface area (Å²) in [6.07, 6.45) is 2.27. The number of halogens is 1. The Balaban J connectivity index is 1.43. The number of aromatic hydroxyl groups is 1. The highest BCUT2D eigenvalue weighted by atomic mass is 19.1. The molecule has 11 heteroatoms. The molecule has 1 aromatic carbocycles. The van der Waals surface area contributed by atoms with Crippen molar-refractivity contribution in [2.75, 3.05) is 44.7 Å². The summed E-state index contributed by atoms with van der Waals surface area (Å²) in [7, 11) is 2.10. The van der Waals surface area contributed by atoms with Crippen LogP contribution in [0.4, 0.5) is 10.2 Å². The van der Waals surface area contributed by atoms with Crippen LogP contribution in [0.15, 0.2) is 18.5 Å². The number of carbonyl (C=O) groups is 1. The van der Waals surface area contributed by atoms with E-state index in [1.807, 2.05) is 19.9 Å². The summed E-state index contributed by atoms with van der Waals surface area (Å²) in [5.74, 6) is -0.741. The van der Waals surface area contributed by atoms with Gasteiger partial charge in [-0.1, -0.05) is 12.6 Å². The average molecular weight is 578 g/mol. The largest absolute Gasteiger partial charge is 0.507 e. The summed E-state index contributed by atoms with van der Waals surface area (Å²) < 4.78 is 20.0. The predicted molar refractivity (Wildman–Crippen MR) is 157 cm³/mol. The lowest BCUT2D eigenvalue weighted by Gasteiger charge is -2.41. The number of likely N-dealkylation sites (tertiary alicyclic amines) is 1. The van der Waals surface area contributed by atoms with Crippen molar-refractivity contribution in [2.24, 2.45) is 0 Å². The summed E-state index contributed by atoms with van der Waals surface area (Å²) >= 11 is 0. The molecule has 0 unspecified atom stereocenters. The number of nitriles is 1. The Morgan fingerprint density at radius 1 is 1.19 bits per heavy atom. The van der Waals surface area contributed by atoms with E-state index in [1.54, 1.807) is 0 Å². The van der Waals surface area contributed by atoms with E-state index in [1.165, 1.54) is 4.90 Å². The summed E-state index contributed by atoms with van der Waals surface area (Å²) in [6, 6.07) is 4.29. The van der Waals surface area contributed by atoms with Gasteiger partial charge in [0.15, 0.2) is 5.83 Å². The van der Waals surface area contributed by atoms with Gasteiger partial charge in [0.1, 0.15) is 18.2 Å². The molecule has 2 atom stereocenters. The van der Waals surface area contributed by atoms with E-state index in [-0.39, 0.29) is 13.0 Å². The SMILES string of the molecule is C=C(F)C(=O)N1CCN(c2nc(OC[C@@H]3CCCN3C)nc3c2CN(Cc2c(C)cc(C)c(O)c2C)C3)C[C@@H]1CC#N. The van der Waals surface area contributed by atoms with Crippen molar-refractivity contribution < 1.29 is 19.0 Å². The number of likely N-dealkylation sites (N-methyl/N-ethyl adjacent to an activating group) is 1. The van der Waals surface area contributed by atoms with Gasteiger partial charge in [-0.15, -0.1) is 0 Å². The molecular formula is C31H40FN7O3. The van der Waals surface area contributed by atoms with E-state index < -0.39 is 17.8 Å². The molecule has 3 aliphatic rings. The molecule has 1 amide bonds. The minimum absolute atomic E-state index is 0.0712. The van der Waals surface area contributed by atoms with Gasteiger partial charge >= 0.3 is 6.01 Å². The molecular weight excluding hydrogens is 537 g/mol. The Kier molecular flexibility index (Phi) is 8.66. The lowest BCUT2D eigenvalue weighted by Crippen LogP contribution is -2.55. The number of aromatic nitrogens is 2. The van der Waals surface area contributed by atoms with Crippen molar-refractivity contribution in [1.82, 2.24) is 24.7 Å². The maximum absolute atomic E-state index is 13.8. The molecule has 2 saturated heterocycles. The number of anilines is 1. The van der Waals surface area contributed by atoms with Crippen molar-refractivity contribution >= 4 is 11.7 Å². The number of benzene rings is 1. The molecule has 42 heavy (non-hydrogen) atoms. The zero-order valence-corrected chi connectivity index (χ0v) is 25.0. The molecule has 5 rings (SSSR count). The van der Waals surface area contributed by atoms with Gasteiger partial charge in [-0.3, -0.25) is 9.69 Å². The third-order valence-electron chi connectivity index (χ3n) is 8.96. The lowest BCUT2D eigenvalue weighted by molar-refractivity contribution is -0.131. The number of amides is 1. The van der Waals surface area contributed by atoms with Gasteiger partial charge in [-0.25, -0.2) is 4.39 Å². The third-order valence-corrected chi connectivity index (χ3v) is 8.96. The monoisotopic (exact) mass is 577 g/mol. The van der Waals surface area contributed by atoms with Crippen molar-refractivity contribution in [3.8, 4) is 17.8 Å². The smallest absolute Gasteiger partial charge is 0.318 e. The van der Waals surface area contributed by atoms with Crippen LogP contribution in [0.2, 0.25) is 0 Å². The maximum atomic E-state index is 13.8. The fourth-order valence-corrected chi connectivity index (χ4v) is 6.51. The Morgan fingerprint density at radius 3 is 2.67 bits per heavy atom. The molecule has 0 saturated carbocycles. The van der Waals surface area contributed by atoms with Crippen LogP contribution < -0.4 is 9.64 Å². The van der Waals surface area contributed by atoms with E-state index >= 15 is 0 Å². The van der Waals surface area contributed by atoms with Crippen molar-refractivity contribution in [3.05, 3.63) is 52.0 Å². The highest BCUT2D eigenvalue weighted by molar-refractivity contribution is 5.91. The number of hydrogen-bond acceptors (Lipinski definition) is 9. The molecule has 0 spiro atoms. The second-order valence-electron chi connectivity index (χ2n) is 11.8. The fourth-order valence-electron chi connectivity index (χ4n) is 6.51. The topological polar surface area (TPSA) is 109 Å². The summed E-state index contributed by atoms with van der Waals surface area (Å²) in [4.78, 5) is 30.2. The van der Waals surface area contributed by atoms with E-state index in [0.717, 1.165) is 58.7 Å². The molecule has 3 aliphatic heterocycles. The summed E-state index contributed by atoms with van der Waals surface area (Å²) in [5.41, 5.74) is 5.83. The second-order valence-corrected chi connectivity index (χ2v) is 11.8. The molecule has 2 fully saturated rings. The van der Waals surface area contributed by atoms with Gasteiger partial charge < -0.3 is 24.5 Å². The van der Waals surface area contributed by atoms with Gasteiger partial charge in [-0.05, 0) is 69.5 Å².